The summed E-state index contributed by atoms with van der Waals surface area (Å²) in [6, 6.07) is 0.146. The molecule has 1 amide bonds. The number of hydrogen-bond donors (Lipinski definition) is 0. The van der Waals surface area contributed by atoms with E-state index in [1.54, 1.807) is 6.92 Å². The highest BCUT2D eigenvalue weighted by Gasteiger charge is 2.26. The second-order valence-electron chi connectivity index (χ2n) is 7.06. The maximum absolute atomic E-state index is 12.4. The highest BCUT2D eigenvalue weighted by Crippen LogP contribution is 2.24. The Morgan fingerprint density at radius 3 is 2.42 bits per heavy atom. The molecule has 0 aromatic carbocycles. The predicted molar refractivity (Wildman–Crippen MR) is 78.0 cm³/mol. The van der Waals surface area contributed by atoms with Gasteiger partial charge in [-0.3, -0.25) is 9.59 Å². The lowest BCUT2D eigenvalue weighted by Crippen LogP contribution is -2.41. The molecule has 0 spiro atoms. The van der Waals surface area contributed by atoms with Crippen LogP contribution < -0.4 is 0 Å². The number of ketones is 1. The van der Waals surface area contributed by atoms with Crippen molar-refractivity contribution in [2.24, 2.45) is 5.41 Å². The van der Waals surface area contributed by atoms with Gasteiger partial charge in [-0.2, -0.15) is 0 Å². The summed E-state index contributed by atoms with van der Waals surface area (Å²) >= 11 is 0. The first-order chi connectivity index (χ1) is 8.79. The number of carbonyl (C=O) groups is 2. The van der Waals surface area contributed by atoms with Crippen LogP contribution in [0, 0.1) is 5.41 Å². The van der Waals surface area contributed by atoms with E-state index in [1.165, 1.54) is 6.42 Å². The molecule has 0 aromatic heterocycles. The molecule has 1 unspecified atom stereocenters. The third-order valence-corrected chi connectivity index (χ3v) is 3.81. The van der Waals surface area contributed by atoms with Crippen molar-refractivity contribution in [3.05, 3.63) is 0 Å². The SMILES string of the molecule is CC(=O)CC1CCCCCN1C(=O)CCC(C)(C)C. The van der Waals surface area contributed by atoms with Gasteiger partial charge in [0.25, 0.3) is 0 Å². The number of rotatable bonds is 4. The first-order valence-electron chi connectivity index (χ1n) is 7.58. The number of likely N-dealkylation sites (tertiary alicyclic amines) is 1. The summed E-state index contributed by atoms with van der Waals surface area (Å²) in [7, 11) is 0. The number of hydrogen-bond acceptors (Lipinski definition) is 2. The average Bonchev–Trinajstić information content (AvgIpc) is 2.49. The van der Waals surface area contributed by atoms with E-state index in [2.05, 4.69) is 20.8 Å². The van der Waals surface area contributed by atoms with Crippen LogP contribution in [-0.2, 0) is 9.59 Å². The van der Waals surface area contributed by atoms with Gasteiger partial charge >= 0.3 is 0 Å². The maximum atomic E-state index is 12.4. The number of carbonyl (C=O) groups excluding carboxylic acids is 2. The Labute approximate surface area is 117 Å². The van der Waals surface area contributed by atoms with Gasteiger partial charge in [-0.25, -0.2) is 0 Å². The van der Waals surface area contributed by atoms with Gasteiger partial charge < -0.3 is 4.90 Å². The van der Waals surface area contributed by atoms with Crippen molar-refractivity contribution in [2.45, 2.75) is 78.7 Å². The minimum atomic E-state index is 0.146. The van der Waals surface area contributed by atoms with E-state index in [9.17, 15) is 9.59 Å². The monoisotopic (exact) mass is 267 g/mol. The molecule has 0 N–H and O–H groups in total. The minimum Gasteiger partial charge on any atom is -0.339 e. The van der Waals surface area contributed by atoms with Crippen molar-refractivity contribution in [2.75, 3.05) is 6.54 Å². The van der Waals surface area contributed by atoms with Gasteiger partial charge in [0.2, 0.25) is 5.91 Å². The Hall–Kier alpha value is -0.860. The van der Waals surface area contributed by atoms with Gasteiger partial charge in [-0.1, -0.05) is 33.6 Å². The lowest BCUT2D eigenvalue weighted by molar-refractivity contribution is -0.134. The van der Waals surface area contributed by atoms with Crippen molar-refractivity contribution in [3.63, 3.8) is 0 Å². The van der Waals surface area contributed by atoms with Crippen molar-refractivity contribution in [3.8, 4) is 0 Å². The number of nitrogens with zero attached hydrogens (tertiary/aromatic N) is 1. The molecule has 110 valence electrons. The van der Waals surface area contributed by atoms with Gasteiger partial charge in [0.1, 0.15) is 5.78 Å². The van der Waals surface area contributed by atoms with Crippen LogP contribution in [0.5, 0.6) is 0 Å². The van der Waals surface area contributed by atoms with Gasteiger partial charge in [-0.15, -0.1) is 0 Å². The van der Waals surface area contributed by atoms with E-state index in [0.717, 1.165) is 32.2 Å². The Morgan fingerprint density at radius 1 is 1.16 bits per heavy atom. The van der Waals surface area contributed by atoms with Gasteiger partial charge in [0.15, 0.2) is 0 Å². The minimum absolute atomic E-state index is 0.146. The zero-order chi connectivity index (χ0) is 14.5. The third kappa shape index (κ3) is 6.22. The average molecular weight is 267 g/mol. The molecule has 1 aliphatic rings. The zero-order valence-electron chi connectivity index (χ0n) is 13.0. The van der Waals surface area contributed by atoms with Crippen LogP contribution in [-0.4, -0.2) is 29.2 Å². The first kappa shape index (κ1) is 16.2. The Kier molecular flexibility index (Phi) is 6.02. The summed E-state index contributed by atoms with van der Waals surface area (Å²) in [5.41, 5.74) is 0.192. The number of Topliss-reactive ketones (excluding diaryl/α,β-unsaturated/α-hetero) is 1. The smallest absolute Gasteiger partial charge is 0.222 e. The molecular formula is C16H29NO2. The third-order valence-electron chi connectivity index (χ3n) is 3.81. The van der Waals surface area contributed by atoms with Gasteiger partial charge in [-0.05, 0) is 31.6 Å². The lowest BCUT2D eigenvalue weighted by Gasteiger charge is -2.30. The molecule has 0 aliphatic carbocycles. The summed E-state index contributed by atoms with van der Waals surface area (Å²) in [5, 5.41) is 0. The lowest BCUT2D eigenvalue weighted by atomic mass is 9.90. The fourth-order valence-electron chi connectivity index (χ4n) is 2.68. The molecule has 1 atom stereocenters. The standard InChI is InChI=1S/C16H29NO2/c1-13(18)12-14-8-6-5-7-11-17(14)15(19)9-10-16(2,3)4/h14H,5-12H2,1-4H3. The predicted octanol–water partition coefficient (Wildman–Crippen LogP) is 3.56. The van der Waals surface area contributed by atoms with Crippen LogP contribution in [0.3, 0.4) is 0 Å². The fraction of sp³-hybridized carbons (Fsp3) is 0.875. The van der Waals surface area contributed by atoms with Crippen LogP contribution in [0.2, 0.25) is 0 Å². The second-order valence-corrected chi connectivity index (χ2v) is 7.06. The summed E-state index contributed by atoms with van der Waals surface area (Å²) in [5.74, 6) is 0.434. The van der Waals surface area contributed by atoms with Crippen molar-refractivity contribution in [1.82, 2.24) is 4.90 Å². The molecule has 0 bridgehead atoms. The summed E-state index contributed by atoms with van der Waals surface area (Å²) in [6.07, 6.45) is 6.43. The fourth-order valence-corrected chi connectivity index (χ4v) is 2.68. The molecule has 3 heteroatoms. The van der Waals surface area contributed by atoms with Crippen LogP contribution in [0.1, 0.15) is 72.6 Å². The van der Waals surface area contributed by atoms with Gasteiger partial charge in [0.05, 0.1) is 0 Å². The largest absolute Gasteiger partial charge is 0.339 e. The molecule has 1 heterocycles. The number of amides is 1. The molecule has 1 aliphatic heterocycles. The molecule has 1 fully saturated rings. The van der Waals surface area contributed by atoms with E-state index in [-0.39, 0.29) is 23.1 Å². The van der Waals surface area contributed by atoms with Crippen molar-refractivity contribution >= 4 is 11.7 Å². The molecule has 19 heavy (non-hydrogen) atoms. The van der Waals surface area contributed by atoms with Crippen LogP contribution in [0.4, 0.5) is 0 Å². The highest BCUT2D eigenvalue weighted by atomic mass is 16.2. The molecule has 0 saturated carbocycles. The van der Waals surface area contributed by atoms with Crippen LogP contribution in [0.25, 0.3) is 0 Å². The van der Waals surface area contributed by atoms with Gasteiger partial charge in [0, 0.05) is 25.4 Å². The van der Waals surface area contributed by atoms with E-state index in [4.69, 9.17) is 0 Å². The maximum Gasteiger partial charge on any atom is 0.222 e. The normalized spacial score (nSPS) is 21.1. The zero-order valence-corrected chi connectivity index (χ0v) is 13.0. The summed E-state index contributed by atoms with van der Waals surface area (Å²) in [4.78, 5) is 25.8. The molecule has 0 aromatic rings. The second kappa shape index (κ2) is 7.06. The quantitative estimate of drug-likeness (QED) is 0.781. The van der Waals surface area contributed by atoms with E-state index in [0.29, 0.717) is 12.8 Å². The van der Waals surface area contributed by atoms with Crippen LogP contribution >= 0.6 is 0 Å². The van der Waals surface area contributed by atoms with E-state index < -0.39 is 0 Å². The van der Waals surface area contributed by atoms with Crippen LogP contribution in [0.15, 0.2) is 0 Å². The molecular weight excluding hydrogens is 238 g/mol. The Morgan fingerprint density at radius 2 is 1.84 bits per heavy atom. The van der Waals surface area contributed by atoms with E-state index >= 15 is 0 Å². The summed E-state index contributed by atoms with van der Waals surface area (Å²) < 4.78 is 0. The Balaban J connectivity index is 2.62. The summed E-state index contributed by atoms with van der Waals surface area (Å²) in [6.45, 7) is 8.95. The molecule has 1 saturated heterocycles. The molecule has 0 radical (unpaired) electrons. The highest BCUT2D eigenvalue weighted by molar-refractivity contribution is 5.79. The van der Waals surface area contributed by atoms with Crippen molar-refractivity contribution in [1.29, 1.82) is 0 Å². The molecule has 1 rings (SSSR count). The Bertz CT molecular complexity index is 317. The first-order valence-corrected chi connectivity index (χ1v) is 7.58. The van der Waals surface area contributed by atoms with Crippen molar-refractivity contribution < 1.29 is 9.59 Å². The molecule has 3 nitrogen and oxygen atoms in total. The van der Waals surface area contributed by atoms with E-state index in [1.807, 2.05) is 4.90 Å². The topological polar surface area (TPSA) is 37.4 Å².